The van der Waals surface area contributed by atoms with Gasteiger partial charge < -0.3 is 5.11 Å². The fourth-order valence-corrected chi connectivity index (χ4v) is 2.63. The van der Waals surface area contributed by atoms with Crippen molar-refractivity contribution in [2.24, 2.45) is 0 Å². The van der Waals surface area contributed by atoms with Crippen molar-refractivity contribution in [3.63, 3.8) is 0 Å². The van der Waals surface area contributed by atoms with Crippen LogP contribution in [0.25, 0.3) is 0 Å². The predicted molar refractivity (Wildman–Crippen MR) is 63.5 cm³/mol. The Morgan fingerprint density at radius 2 is 2.00 bits per heavy atom. The highest BCUT2D eigenvalue weighted by atomic mass is 127. The fourth-order valence-electron chi connectivity index (χ4n) is 0.813. The van der Waals surface area contributed by atoms with E-state index in [1.807, 2.05) is 45.2 Å². The molecule has 0 saturated heterocycles. The zero-order valence-electron chi connectivity index (χ0n) is 6.27. The molecular formula is C8H6I2O2. The lowest BCUT2D eigenvalue weighted by Gasteiger charge is -2.03. The summed E-state index contributed by atoms with van der Waals surface area (Å²) in [4.78, 5) is 11.0. The molecule has 0 saturated carbocycles. The highest BCUT2D eigenvalue weighted by molar-refractivity contribution is 14.1. The Kier molecular flexibility index (Phi) is 3.33. The fraction of sp³-hybridized carbons (Fsp3) is 0.125. The van der Waals surface area contributed by atoms with Crippen LogP contribution in [0.1, 0.15) is 17.3 Å². The number of Topliss-reactive ketones (excluding diaryl/α,β-unsaturated/α-hetero) is 1. The van der Waals surface area contributed by atoms with Crippen molar-refractivity contribution in [2.75, 3.05) is 0 Å². The molecule has 0 amide bonds. The molecule has 0 atom stereocenters. The number of aromatic hydroxyl groups is 1. The smallest absolute Gasteiger partial charge is 0.161 e. The first-order valence-electron chi connectivity index (χ1n) is 3.22. The van der Waals surface area contributed by atoms with E-state index < -0.39 is 0 Å². The molecule has 0 aliphatic carbocycles. The summed E-state index contributed by atoms with van der Waals surface area (Å²) in [6, 6.07) is 3.46. The highest BCUT2D eigenvalue weighted by Gasteiger charge is 2.10. The first kappa shape index (κ1) is 10.2. The van der Waals surface area contributed by atoms with Gasteiger partial charge in [-0.2, -0.15) is 0 Å². The maximum atomic E-state index is 11.0. The monoisotopic (exact) mass is 388 g/mol. The van der Waals surface area contributed by atoms with Gasteiger partial charge in [0.05, 0.1) is 7.14 Å². The molecule has 0 fully saturated rings. The summed E-state index contributed by atoms with van der Waals surface area (Å²) in [7, 11) is 0. The number of carbonyl (C=O) groups excluding carboxylic acids is 1. The summed E-state index contributed by atoms with van der Waals surface area (Å²) in [6.07, 6.45) is 0. The van der Waals surface area contributed by atoms with Crippen LogP contribution in [0, 0.1) is 7.14 Å². The molecule has 1 aromatic rings. The normalized spacial score (nSPS) is 9.92. The molecule has 0 unspecified atom stereocenters. The Morgan fingerprint density at radius 3 is 2.50 bits per heavy atom. The van der Waals surface area contributed by atoms with E-state index in [-0.39, 0.29) is 11.5 Å². The molecule has 0 spiro atoms. The largest absolute Gasteiger partial charge is 0.506 e. The second-order valence-corrected chi connectivity index (χ2v) is 4.55. The first-order chi connectivity index (χ1) is 5.54. The van der Waals surface area contributed by atoms with E-state index in [9.17, 15) is 9.90 Å². The third kappa shape index (κ3) is 1.90. The number of phenols is 1. The molecule has 64 valence electrons. The molecule has 4 heteroatoms. The third-order valence-electron chi connectivity index (χ3n) is 1.45. The van der Waals surface area contributed by atoms with Gasteiger partial charge in [-0.15, -0.1) is 0 Å². The van der Waals surface area contributed by atoms with E-state index in [0.29, 0.717) is 9.13 Å². The van der Waals surface area contributed by atoms with Crippen molar-refractivity contribution in [3.8, 4) is 5.75 Å². The standard InChI is InChI=1S/C8H6I2O2/c1-4(11)5-2-3-6(9)8(12)7(5)10/h2-3,12H,1H3. The Hall–Kier alpha value is 0.150. The molecule has 12 heavy (non-hydrogen) atoms. The number of benzene rings is 1. The summed E-state index contributed by atoms with van der Waals surface area (Å²) in [5.74, 6) is 0.176. The highest BCUT2D eigenvalue weighted by Crippen LogP contribution is 2.28. The summed E-state index contributed by atoms with van der Waals surface area (Å²) in [5, 5.41) is 9.47. The van der Waals surface area contributed by atoms with Crippen molar-refractivity contribution < 1.29 is 9.90 Å². The van der Waals surface area contributed by atoms with Crippen molar-refractivity contribution in [3.05, 3.63) is 24.8 Å². The van der Waals surface area contributed by atoms with E-state index in [1.165, 1.54) is 6.92 Å². The molecule has 1 aromatic carbocycles. The predicted octanol–water partition coefficient (Wildman–Crippen LogP) is 2.80. The third-order valence-corrected chi connectivity index (χ3v) is 3.41. The second-order valence-electron chi connectivity index (χ2n) is 2.31. The molecule has 0 aromatic heterocycles. The molecular weight excluding hydrogens is 382 g/mol. The number of rotatable bonds is 1. The molecule has 2 nitrogen and oxygen atoms in total. The van der Waals surface area contributed by atoms with Crippen LogP contribution in [-0.2, 0) is 0 Å². The number of hydrogen-bond acceptors (Lipinski definition) is 2. The number of halogens is 2. The van der Waals surface area contributed by atoms with Gasteiger partial charge in [0.15, 0.2) is 5.78 Å². The van der Waals surface area contributed by atoms with Crippen LogP contribution in [0.5, 0.6) is 5.75 Å². The summed E-state index contributed by atoms with van der Waals surface area (Å²) in [5.41, 5.74) is 0.577. The van der Waals surface area contributed by atoms with Crippen LogP contribution in [0.4, 0.5) is 0 Å². The Balaban J connectivity index is 3.36. The van der Waals surface area contributed by atoms with Gasteiger partial charge in [-0.05, 0) is 64.2 Å². The number of ketones is 1. The zero-order valence-corrected chi connectivity index (χ0v) is 10.6. The maximum Gasteiger partial charge on any atom is 0.161 e. The van der Waals surface area contributed by atoms with Gasteiger partial charge in [0, 0.05) is 5.56 Å². The van der Waals surface area contributed by atoms with Crippen LogP contribution >= 0.6 is 45.2 Å². The van der Waals surface area contributed by atoms with Gasteiger partial charge in [0.1, 0.15) is 5.75 Å². The lowest BCUT2D eigenvalue weighted by atomic mass is 10.1. The van der Waals surface area contributed by atoms with Crippen molar-refractivity contribution >= 4 is 51.0 Å². The molecule has 1 rings (SSSR count). The van der Waals surface area contributed by atoms with Gasteiger partial charge in [0.2, 0.25) is 0 Å². The minimum atomic E-state index is -0.0221. The minimum absolute atomic E-state index is 0.0221. The summed E-state index contributed by atoms with van der Waals surface area (Å²) >= 11 is 3.99. The van der Waals surface area contributed by atoms with E-state index in [4.69, 9.17) is 0 Å². The molecule has 0 radical (unpaired) electrons. The number of carbonyl (C=O) groups is 1. The Labute approximate surface area is 97.6 Å². The average Bonchev–Trinajstić information content (AvgIpc) is 2.00. The molecule has 0 bridgehead atoms. The molecule has 0 heterocycles. The number of hydrogen-bond donors (Lipinski definition) is 1. The van der Waals surface area contributed by atoms with Gasteiger partial charge >= 0.3 is 0 Å². The second kappa shape index (κ2) is 3.91. The lowest BCUT2D eigenvalue weighted by molar-refractivity contribution is 0.101. The lowest BCUT2D eigenvalue weighted by Crippen LogP contribution is -1.96. The van der Waals surface area contributed by atoms with Gasteiger partial charge in [-0.1, -0.05) is 0 Å². The van der Waals surface area contributed by atoms with Crippen LogP contribution in [-0.4, -0.2) is 10.9 Å². The van der Waals surface area contributed by atoms with Crippen molar-refractivity contribution in [1.29, 1.82) is 0 Å². The average molecular weight is 388 g/mol. The number of phenolic OH excluding ortho intramolecular Hbond substituents is 1. The first-order valence-corrected chi connectivity index (χ1v) is 5.37. The molecule has 1 N–H and O–H groups in total. The minimum Gasteiger partial charge on any atom is -0.506 e. The SMILES string of the molecule is CC(=O)c1ccc(I)c(O)c1I. The quantitative estimate of drug-likeness (QED) is 0.594. The van der Waals surface area contributed by atoms with Gasteiger partial charge in [0.25, 0.3) is 0 Å². The molecule has 0 aliphatic heterocycles. The van der Waals surface area contributed by atoms with Crippen molar-refractivity contribution in [2.45, 2.75) is 6.92 Å². The van der Waals surface area contributed by atoms with Crippen LogP contribution < -0.4 is 0 Å². The maximum absolute atomic E-state index is 11.0. The van der Waals surface area contributed by atoms with E-state index >= 15 is 0 Å². The Morgan fingerprint density at radius 1 is 1.42 bits per heavy atom. The van der Waals surface area contributed by atoms with Gasteiger partial charge in [-0.3, -0.25) is 4.79 Å². The summed E-state index contributed by atoms with van der Waals surface area (Å²) in [6.45, 7) is 1.49. The Bertz CT molecular complexity index is 334. The summed E-state index contributed by atoms with van der Waals surface area (Å²) < 4.78 is 1.40. The van der Waals surface area contributed by atoms with Crippen LogP contribution in [0.15, 0.2) is 12.1 Å². The van der Waals surface area contributed by atoms with E-state index in [1.54, 1.807) is 12.1 Å². The van der Waals surface area contributed by atoms with E-state index in [0.717, 1.165) is 3.57 Å². The van der Waals surface area contributed by atoms with Crippen LogP contribution in [0.2, 0.25) is 0 Å². The molecule has 0 aliphatic rings. The van der Waals surface area contributed by atoms with Gasteiger partial charge in [-0.25, -0.2) is 0 Å². The van der Waals surface area contributed by atoms with Crippen molar-refractivity contribution in [1.82, 2.24) is 0 Å². The van der Waals surface area contributed by atoms with Crippen LogP contribution in [0.3, 0.4) is 0 Å². The topological polar surface area (TPSA) is 37.3 Å². The van der Waals surface area contributed by atoms with E-state index in [2.05, 4.69) is 0 Å². The zero-order chi connectivity index (χ0) is 9.30.